The lowest BCUT2D eigenvalue weighted by molar-refractivity contribution is -0.151. The molecule has 26 heavy (non-hydrogen) atoms. The molecule has 4 saturated carbocycles. The van der Waals surface area contributed by atoms with E-state index in [2.05, 4.69) is 20.8 Å². The fourth-order valence-corrected chi connectivity index (χ4v) is 8.31. The Hall–Kier alpha value is -0.410. The van der Waals surface area contributed by atoms with Crippen molar-refractivity contribution >= 4 is 5.78 Å². The molecule has 8 unspecified atom stereocenters. The highest BCUT2D eigenvalue weighted by Crippen LogP contribution is 2.67. The summed E-state index contributed by atoms with van der Waals surface area (Å²) >= 11 is 0. The lowest BCUT2D eigenvalue weighted by atomic mass is 9.44. The van der Waals surface area contributed by atoms with Gasteiger partial charge in [0.05, 0.1) is 5.60 Å². The maximum atomic E-state index is 12.4. The van der Waals surface area contributed by atoms with E-state index in [0.717, 1.165) is 43.4 Å². The van der Waals surface area contributed by atoms with Crippen LogP contribution in [0.3, 0.4) is 0 Å². The molecule has 0 aromatic carbocycles. The highest BCUT2D eigenvalue weighted by Gasteiger charge is 2.61. The van der Waals surface area contributed by atoms with Gasteiger partial charge < -0.3 is 10.2 Å². The summed E-state index contributed by atoms with van der Waals surface area (Å²) < 4.78 is 0. The van der Waals surface area contributed by atoms with Gasteiger partial charge in [0, 0.05) is 5.92 Å². The highest BCUT2D eigenvalue weighted by atomic mass is 16.3. The molecule has 148 valence electrons. The zero-order valence-corrected chi connectivity index (χ0v) is 17.1. The maximum absolute atomic E-state index is 12.4. The number of hydrogen-bond acceptors (Lipinski definition) is 3. The average Bonchev–Trinajstić information content (AvgIpc) is 2.91. The van der Waals surface area contributed by atoms with Crippen LogP contribution in [0.25, 0.3) is 0 Å². The monoisotopic (exact) mass is 362 g/mol. The van der Waals surface area contributed by atoms with Crippen LogP contribution < -0.4 is 0 Å². The van der Waals surface area contributed by atoms with Crippen LogP contribution in [0.1, 0.15) is 79.1 Å². The summed E-state index contributed by atoms with van der Waals surface area (Å²) in [5.41, 5.74) is -0.113. The largest absolute Gasteiger partial charge is 0.390 e. The predicted octanol–water partition coefficient (Wildman–Crippen LogP) is 4.20. The summed E-state index contributed by atoms with van der Waals surface area (Å²) in [6.07, 6.45) is 8.86. The maximum Gasteiger partial charge on any atom is 0.161 e. The molecule has 4 aliphatic rings. The molecule has 0 aliphatic heterocycles. The smallest absolute Gasteiger partial charge is 0.161 e. The van der Waals surface area contributed by atoms with Gasteiger partial charge in [-0.2, -0.15) is 0 Å². The van der Waals surface area contributed by atoms with Gasteiger partial charge in [-0.15, -0.1) is 0 Å². The van der Waals surface area contributed by atoms with Gasteiger partial charge in [-0.25, -0.2) is 0 Å². The van der Waals surface area contributed by atoms with Crippen molar-refractivity contribution in [2.24, 2.45) is 46.3 Å². The fraction of sp³-hybridized carbons (Fsp3) is 0.957. The first kappa shape index (κ1) is 18.9. The fourth-order valence-electron chi connectivity index (χ4n) is 8.31. The third kappa shape index (κ3) is 2.71. The Morgan fingerprint density at radius 1 is 0.885 bits per heavy atom. The molecule has 4 fully saturated rings. The van der Waals surface area contributed by atoms with Crippen molar-refractivity contribution in [1.29, 1.82) is 0 Å². The molecule has 0 aromatic heterocycles. The van der Waals surface area contributed by atoms with E-state index in [9.17, 15) is 15.0 Å². The van der Waals surface area contributed by atoms with E-state index in [4.69, 9.17) is 0 Å². The number of ketones is 1. The number of aliphatic hydroxyl groups excluding tert-OH is 1. The van der Waals surface area contributed by atoms with Crippen LogP contribution in [0.4, 0.5) is 0 Å². The zero-order valence-electron chi connectivity index (χ0n) is 17.1. The third-order valence-corrected chi connectivity index (χ3v) is 9.55. The molecular weight excluding hydrogens is 324 g/mol. The normalized spacial score (nSPS) is 52.7. The Balaban J connectivity index is 1.63. The first-order valence-electron chi connectivity index (χ1n) is 10.9. The van der Waals surface area contributed by atoms with Gasteiger partial charge >= 0.3 is 0 Å². The van der Waals surface area contributed by atoms with E-state index in [0.29, 0.717) is 11.8 Å². The van der Waals surface area contributed by atoms with Crippen molar-refractivity contribution in [2.75, 3.05) is 6.61 Å². The Kier molecular flexibility index (Phi) is 4.40. The first-order chi connectivity index (χ1) is 12.1. The first-order valence-corrected chi connectivity index (χ1v) is 10.9. The van der Waals surface area contributed by atoms with Crippen molar-refractivity contribution in [1.82, 2.24) is 0 Å². The summed E-state index contributed by atoms with van der Waals surface area (Å²) in [5.74, 6) is 3.69. The van der Waals surface area contributed by atoms with E-state index in [1.807, 2.05) is 6.92 Å². The van der Waals surface area contributed by atoms with Crippen molar-refractivity contribution < 1.29 is 15.0 Å². The second-order valence-corrected chi connectivity index (χ2v) is 11.4. The van der Waals surface area contributed by atoms with E-state index in [-0.39, 0.29) is 29.1 Å². The van der Waals surface area contributed by atoms with Crippen LogP contribution in [0, 0.1) is 46.3 Å². The van der Waals surface area contributed by atoms with Crippen LogP contribution in [0.2, 0.25) is 0 Å². The van der Waals surface area contributed by atoms with Gasteiger partial charge in [0.25, 0.3) is 0 Å². The van der Waals surface area contributed by atoms with Gasteiger partial charge in [0.1, 0.15) is 6.61 Å². The lowest BCUT2D eigenvalue weighted by Gasteiger charge is -2.61. The standard InChI is InChI=1S/C23H38O3/c1-21(2)11-16-14(15-7-9-22(3,26)12-19(15)21)8-10-23(4)17(16)5-6-18(23)20(25)13-24/h14-19,24,26H,5-13H2,1-4H3. The molecule has 4 rings (SSSR count). The van der Waals surface area contributed by atoms with Gasteiger partial charge in [-0.3, -0.25) is 4.79 Å². The van der Waals surface area contributed by atoms with Crippen molar-refractivity contribution in [3.63, 3.8) is 0 Å². The van der Waals surface area contributed by atoms with Gasteiger partial charge in [0.2, 0.25) is 0 Å². The molecule has 0 spiro atoms. The Bertz CT molecular complexity index is 580. The lowest BCUT2D eigenvalue weighted by Crippen LogP contribution is -2.56. The molecule has 0 bridgehead atoms. The van der Waals surface area contributed by atoms with Crippen LogP contribution in [-0.2, 0) is 4.79 Å². The topological polar surface area (TPSA) is 57.5 Å². The molecule has 2 N–H and O–H groups in total. The molecular formula is C23H38O3. The van der Waals surface area contributed by atoms with Crippen molar-refractivity contribution in [3.8, 4) is 0 Å². The molecule has 0 aromatic rings. The SMILES string of the molecule is CC1(O)CCC2C3CCC4(C)C(C(=O)CO)CCC4C3CC(C)(C)C2C1. The number of Topliss-reactive ketones (excluding diaryl/α,β-unsaturated/α-hetero) is 1. The minimum atomic E-state index is -0.486. The quantitative estimate of drug-likeness (QED) is 0.774. The zero-order chi connectivity index (χ0) is 18.9. The Morgan fingerprint density at radius 3 is 2.27 bits per heavy atom. The molecule has 4 aliphatic carbocycles. The summed E-state index contributed by atoms with van der Waals surface area (Å²) in [6, 6.07) is 0. The molecule has 0 amide bonds. The van der Waals surface area contributed by atoms with Gasteiger partial charge in [-0.05, 0) is 98.7 Å². The Labute approximate surface area is 158 Å². The summed E-state index contributed by atoms with van der Waals surface area (Å²) in [5, 5.41) is 20.1. The number of rotatable bonds is 2. The second kappa shape index (κ2) is 6.04. The number of fused-ring (bicyclic) bond motifs is 5. The van der Waals surface area contributed by atoms with Crippen LogP contribution in [0.15, 0.2) is 0 Å². The van der Waals surface area contributed by atoms with Crippen molar-refractivity contribution in [2.45, 2.75) is 84.7 Å². The molecule has 0 heterocycles. The number of carbonyl (C=O) groups is 1. The second-order valence-electron chi connectivity index (χ2n) is 11.4. The summed E-state index contributed by atoms with van der Waals surface area (Å²) in [7, 11) is 0. The molecule has 0 saturated heterocycles. The van der Waals surface area contributed by atoms with E-state index >= 15 is 0 Å². The molecule has 0 radical (unpaired) electrons. The Morgan fingerprint density at radius 2 is 1.58 bits per heavy atom. The van der Waals surface area contributed by atoms with Crippen LogP contribution in [-0.4, -0.2) is 28.2 Å². The van der Waals surface area contributed by atoms with Crippen molar-refractivity contribution in [3.05, 3.63) is 0 Å². The van der Waals surface area contributed by atoms with E-state index in [1.54, 1.807) is 0 Å². The summed E-state index contributed by atoms with van der Waals surface area (Å²) in [4.78, 5) is 12.4. The molecule has 3 nitrogen and oxygen atoms in total. The minimum absolute atomic E-state index is 0.0753. The van der Waals surface area contributed by atoms with Gasteiger partial charge in [0.15, 0.2) is 5.78 Å². The number of hydrogen-bond donors (Lipinski definition) is 2. The van der Waals surface area contributed by atoms with E-state index < -0.39 is 5.60 Å². The third-order valence-electron chi connectivity index (χ3n) is 9.55. The summed E-state index contributed by atoms with van der Waals surface area (Å²) in [6.45, 7) is 8.96. The number of carbonyl (C=O) groups excluding carboxylic acids is 1. The highest BCUT2D eigenvalue weighted by molar-refractivity contribution is 5.83. The predicted molar refractivity (Wildman–Crippen MR) is 102 cm³/mol. The van der Waals surface area contributed by atoms with Crippen LogP contribution in [0.5, 0.6) is 0 Å². The molecule has 3 heteroatoms. The van der Waals surface area contributed by atoms with Gasteiger partial charge in [-0.1, -0.05) is 20.8 Å². The van der Waals surface area contributed by atoms with E-state index in [1.165, 1.54) is 25.7 Å². The molecule has 8 atom stereocenters. The average molecular weight is 363 g/mol. The van der Waals surface area contributed by atoms with Crippen LogP contribution >= 0.6 is 0 Å². The minimum Gasteiger partial charge on any atom is -0.390 e. The number of aliphatic hydroxyl groups is 2.